The van der Waals surface area contributed by atoms with Crippen molar-refractivity contribution in [3.63, 3.8) is 0 Å². The molecule has 3 heteroatoms. The number of pyridine rings is 2. The van der Waals surface area contributed by atoms with Gasteiger partial charge in [0, 0.05) is 17.1 Å². The van der Waals surface area contributed by atoms with E-state index in [2.05, 4.69) is 9.97 Å². The van der Waals surface area contributed by atoms with Gasteiger partial charge in [-0.3, -0.25) is 4.98 Å². The average Bonchev–Trinajstić information content (AvgIpc) is 2.47. The molecule has 0 spiro atoms. The summed E-state index contributed by atoms with van der Waals surface area (Å²) in [7, 11) is 0. The molecule has 0 fully saturated rings. The smallest absolute Gasteiger partial charge is 0.141 e. The third kappa shape index (κ3) is 1.80. The molecule has 2 heterocycles. The molecule has 0 radical (unpaired) electrons. The molecular weight excluding hydrogens is 222 g/mol. The Morgan fingerprint density at radius 3 is 2.83 bits per heavy atom. The number of nitriles is 1. The Bertz CT molecular complexity index is 757. The van der Waals surface area contributed by atoms with Crippen LogP contribution in [0.25, 0.3) is 22.2 Å². The largest absolute Gasteiger partial charge is 0.256 e. The van der Waals surface area contributed by atoms with E-state index in [1.807, 2.05) is 48.5 Å². The summed E-state index contributed by atoms with van der Waals surface area (Å²) in [5.41, 5.74) is 3.12. The second kappa shape index (κ2) is 4.27. The molecule has 84 valence electrons. The second-order valence-corrected chi connectivity index (χ2v) is 3.93. The number of rotatable bonds is 1. The van der Waals surface area contributed by atoms with Crippen LogP contribution in [0.5, 0.6) is 0 Å². The lowest BCUT2D eigenvalue weighted by Crippen LogP contribution is -1.87. The first-order valence-electron chi connectivity index (χ1n) is 5.59. The molecule has 18 heavy (non-hydrogen) atoms. The molecule has 0 aliphatic carbocycles. The minimum absolute atomic E-state index is 0.425. The number of hydrogen-bond donors (Lipinski definition) is 0. The maximum atomic E-state index is 8.86. The van der Waals surface area contributed by atoms with E-state index in [9.17, 15) is 0 Å². The molecule has 1 aromatic carbocycles. The van der Waals surface area contributed by atoms with E-state index in [1.165, 1.54) is 0 Å². The Hall–Kier alpha value is -2.73. The molecular formula is C15H9N3. The lowest BCUT2D eigenvalue weighted by Gasteiger charge is -2.02. The monoisotopic (exact) mass is 231 g/mol. The zero-order valence-corrected chi connectivity index (χ0v) is 9.54. The van der Waals surface area contributed by atoms with Crippen LogP contribution in [0.3, 0.4) is 0 Å². The van der Waals surface area contributed by atoms with Crippen molar-refractivity contribution in [1.82, 2.24) is 9.97 Å². The SMILES string of the molecule is N#Cc1cccc(-c2ccc3cccnc3c2)n1. The number of hydrogen-bond acceptors (Lipinski definition) is 3. The molecule has 0 atom stereocenters. The predicted octanol–water partition coefficient (Wildman–Crippen LogP) is 3.17. The zero-order chi connectivity index (χ0) is 12.4. The minimum Gasteiger partial charge on any atom is -0.256 e. The van der Waals surface area contributed by atoms with Crippen LogP contribution in [0.2, 0.25) is 0 Å². The van der Waals surface area contributed by atoms with Crippen molar-refractivity contribution in [3.8, 4) is 17.3 Å². The van der Waals surface area contributed by atoms with Crippen LogP contribution >= 0.6 is 0 Å². The Morgan fingerprint density at radius 1 is 1.00 bits per heavy atom. The summed E-state index contributed by atoms with van der Waals surface area (Å²) in [6.07, 6.45) is 1.77. The average molecular weight is 231 g/mol. The molecule has 0 saturated carbocycles. The number of aromatic nitrogens is 2. The van der Waals surface area contributed by atoms with Gasteiger partial charge in [-0.15, -0.1) is 0 Å². The molecule has 0 saturated heterocycles. The molecule has 0 amide bonds. The van der Waals surface area contributed by atoms with Crippen LogP contribution in [0.4, 0.5) is 0 Å². The molecule has 0 bridgehead atoms. The quantitative estimate of drug-likeness (QED) is 0.646. The molecule has 3 rings (SSSR count). The molecule has 0 aliphatic rings. The van der Waals surface area contributed by atoms with E-state index in [0.717, 1.165) is 22.2 Å². The van der Waals surface area contributed by atoms with Gasteiger partial charge in [0.05, 0.1) is 11.2 Å². The Labute approximate surface area is 104 Å². The standard InChI is InChI=1S/C15H9N3/c16-10-13-4-1-5-14(18-13)12-7-6-11-3-2-8-17-15(11)9-12/h1-9H. The summed E-state index contributed by atoms with van der Waals surface area (Å²) in [6, 6.07) is 17.4. The van der Waals surface area contributed by atoms with Crippen LogP contribution in [-0.4, -0.2) is 9.97 Å². The van der Waals surface area contributed by atoms with Crippen molar-refractivity contribution in [2.75, 3.05) is 0 Å². The van der Waals surface area contributed by atoms with Gasteiger partial charge in [0.1, 0.15) is 11.8 Å². The topological polar surface area (TPSA) is 49.6 Å². The van der Waals surface area contributed by atoms with E-state index < -0.39 is 0 Å². The van der Waals surface area contributed by atoms with E-state index in [-0.39, 0.29) is 0 Å². The fraction of sp³-hybridized carbons (Fsp3) is 0. The van der Waals surface area contributed by atoms with Crippen molar-refractivity contribution < 1.29 is 0 Å². The van der Waals surface area contributed by atoms with E-state index in [0.29, 0.717) is 5.69 Å². The highest BCUT2D eigenvalue weighted by Crippen LogP contribution is 2.21. The van der Waals surface area contributed by atoms with Gasteiger partial charge in [-0.1, -0.05) is 24.3 Å². The molecule has 0 unspecified atom stereocenters. The summed E-state index contributed by atoms with van der Waals surface area (Å²) in [4.78, 5) is 8.60. The van der Waals surface area contributed by atoms with E-state index in [1.54, 1.807) is 12.3 Å². The van der Waals surface area contributed by atoms with Gasteiger partial charge in [-0.05, 0) is 24.3 Å². The highest BCUT2D eigenvalue weighted by molar-refractivity contribution is 5.83. The fourth-order valence-electron chi connectivity index (χ4n) is 1.88. The van der Waals surface area contributed by atoms with Gasteiger partial charge >= 0.3 is 0 Å². The van der Waals surface area contributed by atoms with Gasteiger partial charge in [-0.25, -0.2) is 4.98 Å². The van der Waals surface area contributed by atoms with Gasteiger partial charge in [-0.2, -0.15) is 5.26 Å². The molecule has 2 aromatic heterocycles. The van der Waals surface area contributed by atoms with Gasteiger partial charge in [0.25, 0.3) is 0 Å². The summed E-state index contributed by atoms with van der Waals surface area (Å²) in [6.45, 7) is 0. The molecule has 3 nitrogen and oxygen atoms in total. The van der Waals surface area contributed by atoms with Crippen molar-refractivity contribution in [3.05, 3.63) is 60.4 Å². The highest BCUT2D eigenvalue weighted by Gasteiger charge is 2.02. The first kappa shape index (κ1) is 10.4. The van der Waals surface area contributed by atoms with Crippen LogP contribution in [-0.2, 0) is 0 Å². The Balaban J connectivity index is 2.16. The number of nitrogens with zero attached hydrogens (tertiary/aromatic N) is 3. The normalized spacial score (nSPS) is 10.2. The second-order valence-electron chi connectivity index (χ2n) is 3.93. The Morgan fingerprint density at radius 2 is 1.94 bits per heavy atom. The van der Waals surface area contributed by atoms with Gasteiger partial charge in [0.15, 0.2) is 0 Å². The van der Waals surface area contributed by atoms with Crippen molar-refractivity contribution in [2.24, 2.45) is 0 Å². The van der Waals surface area contributed by atoms with Crippen LogP contribution < -0.4 is 0 Å². The van der Waals surface area contributed by atoms with Crippen molar-refractivity contribution in [1.29, 1.82) is 5.26 Å². The van der Waals surface area contributed by atoms with Crippen LogP contribution in [0, 0.1) is 11.3 Å². The maximum absolute atomic E-state index is 8.86. The van der Waals surface area contributed by atoms with E-state index in [4.69, 9.17) is 5.26 Å². The summed E-state index contributed by atoms with van der Waals surface area (Å²) in [5.74, 6) is 0. The van der Waals surface area contributed by atoms with Crippen LogP contribution in [0.15, 0.2) is 54.7 Å². The Kier molecular flexibility index (Phi) is 2.47. The first-order chi connectivity index (χ1) is 8.86. The molecule has 0 aliphatic heterocycles. The third-order valence-corrected chi connectivity index (χ3v) is 2.77. The van der Waals surface area contributed by atoms with Crippen LogP contribution in [0.1, 0.15) is 5.69 Å². The minimum atomic E-state index is 0.425. The van der Waals surface area contributed by atoms with Gasteiger partial charge in [0.2, 0.25) is 0 Å². The highest BCUT2D eigenvalue weighted by atomic mass is 14.7. The fourth-order valence-corrected chi connectivity index (χ4v) is 1.88. The number of fused-ring (bicyclic) bond motifs is 1. The maximum Gasteiger partial charge on any atom is 0.141 e. The summed E-state index contributed by atoms with van der Waals surface area (Å²) >= 11 is 0. The molecule has 0 N–H and O–H groups in total. The third-order valence-electron chi connectivity index (χ3n) is 2.77. The molecule has 3 aromatic rings. The lowest BCUT2D eigenvalue weighted by molar-refractivity contribution is 1.26. The zero-order valence-electron chi connectivity index (χ0n) is 9.54. The number of benzene rings is 1. The first-order valence-corrected chi connectivity index (χ1v) is 5.59. The predicted molar refractivity (Wildman–Crippen MR) is 69.7 cm³/mol. The van der Waals surface area contributed by atoms with Crippen molar-refractivity contribution in [2.45, 2.75) is 0 Å². The van der Waals surface area contributed by atoms with Gasteiger partial charge < -0.3 is 0 Å². The summed E-state index contributed by atoms with van der Waals surface area (Å²) in [5, 5.41) is 9.95. The van der Waals surface area contributed by atoms with Crippen molar-refractivity contribution >= 4 is 10.9 Å². The van der Waals surface area contributed by atoms with E-state index >= 15 is 0 Å². The lowest BCUT2D eigenvalue weighted by atomic mass is 10.1. The summed E-state index contributed by atoms with van der Waals surface area (Å²) < 4.78 is 0.